The fourth-order valence-electron chi connectivity index (χ4n) is 3.86. The molecule has 32 heavy (non-hydrogen) atoms. The van der Waals surface area contributed by atoms with Gasteiger partial charge in [-0.2, -0.15) is 0 Å². The lowest BCUT2D eigenvalue weighted by molar-refractivity contribution is -0.159. The maximum absolute atomic E-state index is 9.10. The summed E-state index contributed by atoms with van der Waals surface area (Å²) in [5.41, 5.74) is 5.74. The number of hydrogen-bond donors (Lipinski definition) is 2. The summed E-state index contributed by atoms with van der Waals surface area (Å²) in [6.07, 6.45) is 5.96. The van der Waals surface area contributed by atoms with Crippen LogP contribution in [-0.4, -0.2) is 58.6 Å². The number of nitrogens with zero attached hydrogens (tertiary/aromatic N) is 2. The molecule has 2 aromatic carbocycles. The third kappa shape index (κ3) is 8.28. The molecule has 0 aromatic heterocycles. The van der Waals surface area contributed by atoms with Gasteiger partial charge >= 0.3 is 11.9 Å². The van der Waals surface area contributed by atoms with Gasteiger partial charge in [0.1, 0.15) is 0 Å². The molecule has 0 amide bonds. The maximum Gasteiger partial charge on any atom is 0.414 e. The summed E-state index contributed by atoms with van der Waals surface area (Å²) in [6, 6.07) is 17.9. The van der Waals surface area contributed by atoms with Gasteiger partial charge in [0.2, 0.25) is 0 Å². The van der Waals surface area contributed by atoms with Crippen LogP contribution < -0.4 is 4.90 Å². The molecule has 0 saturated carbocycles. The van der Waals surface area contributed by atoms with Crippen molar-refractivity contribution in [1.29, 1.82) is 0 Å². The second kappa shape index (κ2) is 13.2. The van der Waals surface area contributed by atoms with Gasteiger partial charge < -0.3 is 20.0 Å². The summed E-state index contributed by atoms with van der Waals surface area (Å²) in [7, 11) is 2.25. The van der Waals surface area contributed by atoms with Crippen molar-refractivity contribution in [1.82, 2.24) is 4.90 Å². The van der Waals surface area contributed by atoms with Gasteiger partial charge in [-0.05, 0) is 75.5 Å². The molecule has 0 aliphatic carbocycles. The molecule has 6 nitrogen and oxygen atoms in total. The number of carboxylic acid groups (broad SMARTS) is 2. The number of carboxylic acids is 2. The average molecular weight is 505 g/mol. The van der Waals surface area contributed by atoms with E-state index in [9.17, 15) is 0 Å². The Morgan fingerprint density at radius 1 is 0.938 bits per heavy atom. The number of anilines is 2. The zero-order valence-electron chi connectivity index (χ0n) is 18.8. The van der Waals surface area contributed by atoms with Crippen molar-refractivity contribution >= 4 is 39.2 Å². The van der Waals surface area contributed by atoms with Crippen LogP contribution in [0.25, 0.3) is 0 Å². The number of para-hydroxylation sites is 2. The first kappa shape index (κ1) is 25.9. The van der Waals surface area contributed by atoms with Gasteiger partial charge in [0.25, 0.3) is 0 Å². The molecule has 0 saturated heterocycles. The van der Waals surface area contributed by atoms with Crippen LogP contribution in [0.5, 0.6) is 0 Å². The van der Waals surface area contributed by atoms with Crippen molar-refractivity contribution < 1.29 is 19.8 Å². The Labute approximate surface area is 199 Å². The van der Waals surface area contributed by atoms with Crippen LogP contribution in [0.1, 0.15) is 37.3 Å². The van der Waals surface area contributed by atoms with Crippen molar-refractivity contribution in [2.45, 2.75) is 43.9 Å². The molecule has 7 heteroatoms. The van der Waals surface area contributed by atoms with Gasteiger partial charge in [-0.25, -0.2) is 9.59 Å². The first-order valence-electron chi connectivity index (χ1n) is 11.0. The second-order valence-corrected chi connectivity index (χ2v) is 9.66. The van der Waals surface area contributed by atoms with Crippen LogP contribution in [0, 0.1) is 0 Å². The highest BCUT2D eigenvalue weighted by molar-refractivity contribution is 9.09. The van der Waals surface area contributed by atoms with Crippen LogP contribution in [0.15, 0.2) is 48.5 Å². The zero-order chi connectivity index (χ0) is 23.5. The minimum Gasteiger partial charge on any atom is -0.473 e. The quantitative estimate of drug-likeness (QED) is 0.390. The van der Waals surface area contributed by atoms with Crippen LogP contribution in [0.3, 0.4) is 0 Å². The van der Waals surface area contributed by atoms with Crippen molar-refractivity contribution in [2.75, 3.05) is 31.6 Å². The monoisotopic (exact) mass is 504 g/mol. The molecule has 3 rings (SSSR count). The number of alkyl halides is 1. The second-order valence-electron chi connectivity index (χ2n) is 8.10. The van der Waals surface area contributed by atoms with Gasteiger partial charge in [-0.3, -0.25) is 0 Å². The van der Waals surface area contributed by atoms with Gasteiger partial charge in [-0.15, -0.1) is 0 Å². The van der Waals surface area contributed by atoms with Crippen LogP contribution in [-0.2, 0) is 22.4 Å². The number of hydrogen-bond acceptors (Lipinski definition) is 4. The SMILES string of the molecule is CC(Br)CCCN(C)CCCN1c2ccccc2CCc2ccccc21.O=C(O)C(=O)O. The first-order valence-corrected chi connectivity index (χ1v) is 11.9. The molecule has 1 heterocycles. The lowest BCUT2D eigenvalue weighted by atomic mass is 10.0. The topological polar surface area (TPSA) is 81.1 Å². The highest BCUT2D eigenvalue weighted by Crippen LogP contribution is 2.35. The predicted molar refractivity (Wildman–Crippen MR) is 132 cm³/mol. The van der Waals surface area contributed by atoms with E-state index in [4.69, 9.17) is 19.8 Å². The highest BCUT2D eigenvalue weighted by Gasteiger charge is 2.19. The smallest absolute Gasteiger partial charge is 0.414 e. The Balaban J connectivity index is 0.000000534. The molecule has 0 radical (unpaired) electrons. The first-order chi connectivity index (χ1) is 15.3. The van der Waals surface area contributed by atoms with Crippen molar-refractivity contribution in [3.05, 3.63) is 59.7 Å². The molecule has 1 aliphatic rings. The van der Waals surface area contributed by atoms with Crippen molar-refractivity contribution in [3.63, 3.8) is 0 Å². The Kier molecular flexibility index (Phi) is 10.7. The summed E-state index contributed by atoms with van der Waals surface area (Å²) < 4.78 is 0. The molecule has 0 fully saturated rings. The lowest BCUT2D eigenvalue weighted by Gasteiger charge is -2.28. The molecule has 1 aliphatic heterocycles. The van der Waals surface area contributed by atoms with E-state index in [1.807, 2.05) is 0 Å². The fourth-order valence-corrected chi connectivity index (χ4v) is 4.19. The number of benzene rings is 2. The lowest BCUT2D eigenvalue weighted by Crippen LogP contribution is -2.26. The third-order valence-electron chi connectivity index (χ3n) is 5.47. The number of aliphatic carboxylic acids is 2. The Morgan fingerprint density at radius 3 is 1.88 bits per heavy atom. The summed E-state index contributed by atoms with van der Waals surface area (Å²) >= 11 is 3.64. The number of halogens is 1. The summed E-state index contributed by atoms with van der Waals surface area (Å²) in [4.78, 5) is 23.8. The molecular formula is C25H33BrN2O4. The van der Waals surface area contributed by atoms with E-state index >= 15 is 0 Å². The number of carbonyl (C=O) groups is 2. The van der Waals surface area contributed by atoms with Gasteiger partial charge in [0, 0.05) is 22.7 Å². The minimum atomic E-state index is -1.82. The van der Waals surface area contributed by atoms with Gasteiger partial charge in [0.15, 0.2) is 0 Å². The fraction of sp³-hybridized carbons (Fsp3) is 0.440. The molecular weight excluding hydrogens is 472 g/mol. The summed E-state index contributed by atoms with van der Waals surface area (Å²) in [5, 5.41) is 14.8. The number of fused-ring (bicyclic) bond motifs is 2. The largest absolute Gasteiger partial charge is 0.473 e. The van der Waals surface area contributed by atoms with E-state index in [2.05, 4.69) is 88.2 Å². The molecule has 0 bridgehead atoms. The molecule has 1 atom stereocenters. The molecule has 1 unspecified atom stereocenters. The van der Waals surface area contributed by atoms with Crippen molar-refractivity contribution in [2.24, 2.45) is 0 Å². The highest BCUT2D eigenvalue weighted by atomic mass is 79.9. The zero-order valence-corrected chi connectivity index (χ0v) is 20.4. The van der Waals surface area contributed by atoms with E-state index in [0.717, 1.165) is 25.9 Å². The molecule has 174 valence electrons. The predicted octanol–water partition coefficient (Wildman–Crippen LogP) is 4.96. The van der Waals surface area contributed by atoms with Crippen LogP contribution in [0.2, 0.25) is 0 Å². The van der Waals surface area contributed by atoms with Gasteiger partial charge in [0.05, 0.1) is 0 Å². The van der Waals surface area contributed by atoms with E-state index in [-0.39, 0.29) is 0 Å². The van der Waals surface area contributed by atoms with E-state index < -0.39 is 11.9 Å². The number of aryl methyl sites for hydroxylation is 2. The van der Waals surface area contributed by atoms with E-state index in [1.54, 1.807) is 0 Å². The number of rotatable bonds is 8. The third-order valence-corrected chi connectivity index (χ3v) is 5.93. The maximum atomic E-state index is 9.10. The molecule has 2 N–H and O–H groups in total. The standard InChI is InChI=1S/C23H31BrN2.C2H2O4/c1-19(24)9-7-16-25(2)17-8-18-26-22-12-5-3-10-20(22)14-15-21-11-4-6-13-23(21)26;3-1(4)2(5)6/h3-6,10-13,19H,7-9,14-18H2,1-2H3;(H,3,4)(H,5,6). The Morgan fingerprint density at radius 2 is 1.41 bits per heavy atom. The minimum absolute atomic E-state index is 0.626. The summed E-state index contributed by atoms with van der Waals surface area (Å²) in [5.74, 6) is -3.65. The van der Waals surface area contributed by atoms with Crippen LogP contribution in [0.4, 0.5) is 11.4 Å². The molecule has 0 spiro atoms. The van der Waals surface area contributed by atoms with E-state index in [0.29, 0.717) is 4.83 Å². The van der Waals surface area contributed by atoms with E-state index in [1.165, 1.54) is 48.3 Å². The molecule has 2 aromatic rings. The summed E-state index contributed by atoms with van der Waals surface area (Å²) in [6.45, 7) is 5.64. The Bertz CT molecular complexity index is 828. The average Bonchev–Trinajstić information content (AvgIpc) is 2.91. The Hall–Kier alpha value is -2.38. The van der Waals surface area contributed by atoms with Crippen LogP contribution >= 0.6 is 15.9 Å². The van der Waals surface area contributed by atoms with Gasteiger partial charge in [-0.1, -0.05) is 59.3 Å². The van der Waals surface area contributed by atoms with Crippen molar-refractivity contribution in [3.8, 4) is 0 Å². The normalized spacial score (nSPS) is 13.3.